The number of furan rings is 1. The molecule has 0 aliphatic heterocycles. The largest absolute Gasteiger partial charge is 0.467 e. The van der Waals surface area contributed by atoms with Crippen LogP contribution in [-0.4, -0.2) is 38.5 Å². The molecule has 0 unspecified atom stereocenters. The van der Waals surface area contributed by atoms with Gasteiger partial charge in [-0.15, -0.1) is 10.2 Å². The number of urea groups is 1. The molecule has 8 nitrogen and oxygen atoms in total. The van der Waals surface area contributed by atoms with E-state index in [-0.39, 0.29) is 17.7 Å². The maximum atomic E-state index is 12.3. The van der Waals surface area contributed by atoms with Gasteiger partial charge < -0.3 is 9.73 Å². The molecule has 0 radical (unpaired) electrons. The van der Waals surface area contributed by atoms with Crippen LogP contribution in [0.4, 0.5) is 4.79 Å². The smallest absolute Gasteiger partial charge is 0.321 e. The summed E-state index contributed by atoms with van der Waals surface area (Å²) in [5.74, 6) is 1.02. The van der Waals surface area contributed by atoms with Crippen molar-refractivity contribution in [3.8, 4) is 11.4 Å². The number of hydrogen-bond acceptors (Lipinski definition) is 6. The highest BCUT2D eigenvalue weighted by Gasteiger charge is 2.19. The number of carbonyl (C=O) groups is 2. The molecule has 0 bridgehead atoms. The first-order valence-corrected chi connectivity index (χ1v) is 11.9. The first kappa shape index (κ1) is 22.4. The molecule has 1 fully saturated rings. The van der Waals surface area contributed by atoms with Gasteiger partial charge in [0.05, 0.1) is 18.6 Å². The van der Waals surface area contributed by atoms with E-state index >= 15 is 0 Å². The SMILES string of the molecule is O=C(CSc1nnc(-c2ccc(Cl)cc2)n1Cc1ccco1)NC(=O)NC1CCCCC1. The first-order chi connectivity index (χ1) is 15.6. The molecule has 4 rings (SSSR count). The van der Waals surface area contributed by atoms with Crippen LogP contribution in [0.1, 0.15) is 37.9 Å². The molecule has 2 heterocycles. The van der Waals surface area contributed by atoms with Crippen LogP contribution in [0.2, 0.25) is 5.02 Å². The van der Waals surface area contributed by atoms with Crippen molar-refractivity contribution in [1.82, 2.24) is 25.4 Å². The molecule has 0 atom stereocenters. The average molecular weight is 474 g/mol. The number of rotatable bonds is 7. The van der Waals surface area contributed by atoms with E-state index in [1.807, 2.05) is 28.8 Å². The minimum absolute atomic E-state index is 0.0367. The Morgan fingerprint density at radius 1 is 1.12 bits per heavy atom. The van der Waals surface area contributed by atoms with Gasteiger partial charge in [0.15, 0.2) is 11.0 Å². The quantitative estimate of drug-likeness (QED) is 0.490. The highest BCUT2D eigenvalue weighted by molar-refractivity contribution is 7.99. The number of thioether (sulfide) groups is 1. The number of amides is 3. The van der Waals surface area contributed by atoms with E-state index in [4.69, 9.17) is 16.0 Å². The molecule has 0 spiro atoms. The van der Waals surface area contributed by atoms with Gasteiger partial charge in [-0.1, -0.05) is 42.6 Å². The predicted octanol–water partition coefficient (Wildman–Crippen LogP) is 4.49. The minimum atomic E-state index is -0.443. The lowest BCUT2D eigenvalue weighted by Gasteiger charge is -2.22. The second-order valence-electron chi connectivity index (χ2n) is 7.62. The van der Waals surface area contributed by atoms with Crippen molar-refractivity contribution in [2.45, 2.75) is 49.8 Å². The molecular formula is C22H24ClN5O3S. The van der Waals surface area contributed by atoms with Crippen molar-refractivity contribution < 1.29 is 14.0 Å². The molecular weight excluding hydrogens is 450 g/mol. The standard InChI is InChI=1S/C22H24ClN5O3S/c23-16-10-8-15(9-11-16)20-26-27-22(28(20)13-18-7-4-12-31-18)32-14-19(29)25-21(30)24-17-5-2-1-3-6-17/h4,7-12,17H,1-3,5-6,13-14H2,(H2,24,25,29,30). The Hall–Kier alpha value is -2.78. The van der Waals surface area contributed by atoms with Crippen LogP contribution in [0.25, 0.3) is 11.4 Å². The van der Waals surface area contributed by atoms with Crippen molar-refractivity contribution in [1.29, 1.82) is 0 Å². The zero-order valence-corrected chi connectivity index (χ0v) is 19.0. The Kier molecular flexibility index (Phi) is 7.49. The molecule has 2 N–H and O–H groups in total. The predicted molar refractivity (Wildman–Crippen MR) is 123 cm³/mol. The fourth-order valence-corrected chi connectivity index (χ4v) is 4.53. The van der Waals surface area contributed by atoms with E-state index in [2.05, 4.69) is 20.8 Å². The van der Waals surface area contributed by atoms with Crippen LogP contribution in [0.15, 0.2) is 52.2 Å². The van der Waals surface area contributed by atoms with Crippen LogP contribution in [0.3, 0.4) is 0 Å². The molecule has 2 aromatic heterocycles. The van der Waals surface area contributed by atoms with Crippen LogP contribution >= 0.6 is 23.4 Å². The van der Waals surface area contributed by atoms with E-state index in [0.717, 1.165) is 37.0 Å². The van der Waals surface area contributed by atoms with Crippen molar-refractivity contribution >= 4 is 35.3 Å². The molecule has 1 aromatic carbocycles. The van der Waals surface area contributed by atoms with Crippen LogP contribution in [0, 0.1) is 0 Å². The van der Waals surface area contributed by atoms with Gasteiger partial charge in [-0.05, 0) is 49.2 Å². The van der Waals surface area contributed by atoms with E-state index in [0.29, 0.717) is 22.5 Å². The van der Waals surface area contributed by atoms with E-state index < -0.39 is 6.03 Å². The van der Waals surface area contributed by atoms with Gasteiger partial charge in [0.2, 0.25) is 5.91 Å². The molecule has 1 aliphatic carbocycles. The summed E-state index contributed by atoms with van der Waals surface area (Å²) in [5, 5.41) is 15.0. The molecule has 32 heavy (non-hydrogen) atoms. The van der Waals surface area contributed by atoms with Crippen LogP contribution in [-0.2, 0) is 11.3 Å². The van der Waals surface area contributed by atoms with Crippen molar-refractivity contribution in [2.75, 3.05) is 5.75 Å². The third kappa shape index (κ3) is 5.92. The topological polar surface area (TPSA) is 102 Å². The lowest BCUT2D eigenvalue weighted by atomic mass is 9.96. The Balaban J connectivity index is 1.41. The summed E-state index contributed by atoms with van der Waals surface area (Å²) < 4.78 is 7.36. The zero-order valence-electron chi connectivity index (χ0n) is 17.4. The number of hydrogen-bond donors (Lipinski definition) is 2. The van der Waals surface area contributed by atoms with Crippen molar-refractivity contribution in [3.63, 3.8) is 0 Å². The molecule has 3 aromatic rings. The number of nitrogens with one attached hydrogen (secondary N) is 2. The number of nitrogens with zero attached hydrogens (tertiary/aromatic N) is 3. The third-order valence-electron chi connectivity index (χ3n) is 5.24. The summed E-state index contributed by atoms with van der Waals surface area (Å²) in [6.07, 6.45) is 6.93. The highest BCUT2D eigenvalue weighted by Crippen LogP contribution is 2.26. The number of carbonyl (C=O) groups excluding carboxylic acids is 2. The summed E-state index contributed by atoms with van der Waals surface area (Å²) in [4.78, 5) is 24.4. The van der Waals surface area contributed by atoms with Gasteiger partial charge in [0.1, 0.15) is 5.76 Å². The second-order valence-corrected chi connectivity index (χ2v) is 9.00. The Labute approximate surface area is 195 Å². The molecule has 1 saturated carbocycles. The molecule has 3 amide bonds. The number of aromatic nitrogens is 3. The van der Waals surface area contributed by atoms with Crippen molar-refractivity contribution in [3.05, 3.63) is 53.4 Å². The lowest BCUT2D eigenvalue weighted by molar-refractivity contribution is -0.117. The highest BCUT2D eigenvalue weighted by atomic mass is 35.5. The van der Waals surface area contributed by atoms with Crippen LogP contribution in [0.5, 0.6) is 0 Å². The average Bonchev–Trinajstić information content (AvgIpc) is 3.44. The Morgan fingerprint density at radius 3 is 2.62 bits per heavy atom. The number of benzene rings is 1. The van der Waals surface area contributed by atoms with E-state index in [1.165, 1.54) is 18.2 Å². The van der Waals surface area contributed by atoms with E-state index in [9.17, 15) is 9.59 Å². The summed E-state index contributed by atoms with van der Waals surface area (Å²) in [6.45, 7) is 0.407. The third-order valence-corrected chi connectivity index (χ3v) is 6.46. The number of imide groups is 1. The fraction of sp³-hybridized carbons (Fsp3) is 0.364. The summed E-state index contributed by atoms with van der Waals surface area (Å²) in [6, 6.07) is 10.7. The summed E-state index contributed by atoms with van der Waals surface area (Å²) in [5.41, 5.74) is 0.844. The van der Waals surface area contributed by atoms with Gasteiger partial charge in [0, 0.05) is 16.6 Å². The van der Waals surface area contributed by atoms with Gasteiger partial charge >= 0.3 is 6.03 Å². The molecule has 1 aliphatic rings. The second kappa shape index (κ2) is 10.7. The van der Waals surface area contributed by atoms with Crippen LogP contribution < -0.4 is 10.6 Å². The van der Waals surface area contributed by atoms with Gasteiger partial charge in [0.25, 0.3) is 0 Å². The van der Waals surface area contributed by atoms with Gasteiger partial charge in [-0.3, -0.25) is 14.7 Å². The van der Waals surface area contributed by atoms with Crippen molar-refractivity contribution in [2.24, 2.45) is 0 Å². The zero-order chi connectivity index (χ0) is 22.3. The molecule has 168 valence electrons. The summed E-state index contributed by atoms with van der Waals surface area (Å²) in [7, 11) is 0. The maximum Gasteiger partial charge on any atom is 0.321 e. The van der Waals surface area contributed by atoms with Gasteiger partial charge in [-0.2, -0.15) is 0 Å². The summed E-state index contributed by atoms with van der Waals surface area (Å²) >= 11 is 7.22. The molecule has 10 heteroatoms. The van der Waals surface area contributed by atoms with Gasteiger partial charge in [-0.25, -0.2) is 4.79 Å². The monoisotopic (exact) mass is 473 g/mol. The van der Waals surface area contributed by atoms with E-state index in [1.54, 1.807) is 18.4 Å². The Bertz CT molecular complexity index is 1050. The minimum Gasteiger partial charge on any atom is -0.467 e. The maximum absolute atomic E-state index is 12.3. The molecule has 0 saturated heterocycles. The normalized spacial score (nSPS) is 14.3. The first-order valence-electron chi connectivity index (χ1n) is 10.5. The number of halogens is 1. The fourth-order valence-electron chi connectivity index (χ4n) is 3.67. The lowest BCUT2D eigenvalue weighted by Crippen LogP contribution is -2.45. The Morgan fingerprint density at radius 2 is 1.91 bits per heavy atom.